The number of nitrogens with one attached hydrogen (secondary N) is 1. The molecule has 2 aliphatic rings. The smallest absolute Gasteiger partial charge is 0.00925 e. The zero-order valence-corrected chi connectivity index (χ0v) is 11.1. The van der Waals surface area contributed by atoms with Gasteiger partial charge in [0.1, 0.15) is 0 Å². The van der Waals surface area contributed by atoms with Crippen molar-refractivity contribution in [3.8, 4) is 0 Å². The fraction of sp³-hybridized carbons (Fsp3) is 1.00. The molecule has 1 saturated heterocycles. The molecular formula is C14H28N2. The van der Waals surface area contributed by atoms with Crippen molar-refractivity contribution < 1.29 is 0 Å². The first-order valence-corrected chi connectivity index (χ1v) is 7.16. The highest BCUT2D eigenvalue weighted by molar-refractivity contribution is 4.96. The molecule has 0 bridgehead atoms. The van der Waals surface area contributed by atoms with Gasteiger partial charge in [-0.3, -0.25) is 0 Å². The lowest BCUT2D eigenvalue weighted by molar-refractivity contribution is 0.322. The summed E-state index contributed by atoms with van der Waals surface area (Å²) >= 11 is 0. The molecule has 1 saturated carbocycles. The summed E-state index contributed by atoms with van der Waals surface area (Å²) in [5.74, 6) is 0. The summed E-state index contributed by atoms with van der Waals surface area (Å²) in [7, 11) is 0. The lowest BCUT2D eigenvalue weighted by Gasteiger charge is -2.20. The van der Waals surface area contributed by atoms with E-state index in [1.807, 2.05) is 0 Å². The Balaban J connectivity index is 1.45. The monoisotopic (exact) mass is 224 g/mol. The minimum absolute atomic E-state index is 0.634. The maximum Gasteiger partial charge on any atom is 0.00925 e. The van der Waals surface area contributed by atoms with Crippen molar-refractivity contribution in [2.45, 2.75) is 58.4 Å². The first-order valence-electron chi connectivity index (χ1n) is 7.16. The van der Waals surface area contributed by atoms with Crippen LogP contribution in [0.15, 0.2) is 0 Å². The fourth-order valence-electron chi connectivity index (χ4n) is 2.66. The van der Waals surface area contributed by atoms with E-state index >= 15 is 0 Å². The summed E-state index contributed by atoms with van der Waals surface area (Å²) < 4.78 is 0. The number of unbranched alkanes of at least 4 members (excludes halogenated alkanes) is 1. The van der Waals surface area contributed by atoms with Gasteiger partial charge in [-0.15, -0.1) is 0 Å². The van der Waals surface area contributed by atoms with Crippen LogP contribution in [0, 0.1) is 5.41 Å². The second kappa shape index (κ2) is 5.50. The molecule has 2 nitrogen and oxygen atoms in total. The quantitative estimate of drug-likeness (QED) is 0.669. The van der Waals surface area contributed by atoms with E-state index in [0.29, 0.717) is 5.41 Å². The van der Waals surface area contributed by atoms with Gasteiger partial charge in [-0.25, -0.2) is 0 Å². The van der Waals surface area contributed by atoms with E-state index in [-0.39, 0.29) is 0 Å². The van der Waals surface area contributed by atoms with Crippen molar-refractivity contribution in [2.24, 2.45) is 5.41 Å². The van der Waals surface area contributed by atoms with Crippen LogP contribution in [0.4, 0.5) is 0 Å². The Labute approximate surface area is 101 Å². The molecule has 1 atom stereocenters. The summed E-state index contributed by atoms with van der Waals surface area (Å²) in [4.78, 5) is 2.62. The van der Waals surface area contributed by atoms with Crippen molar-refractivity contribution >= 4 is 0 Å². The number of hydrogen-bond acceptors (Lipinski definition) is 2. The Bertz CT molecular complexity index is 205. The molecule has 94 valence electrons. The topological polar surface area (TPSA) is 15.3 Å². The number of nitrogens with zero attached hydrogens (tertiary/aromatic N) is 1. The van der Waals surface area contributed by atoms with Gasteiger partial charge >= 0.3 is 0 Å². The molecule has 1 N–H and O–H groups in total. The van der Waals surface area contributed by atoms with E-state index in [1.165, 1.54) is 64.7 Å². The van der Waals surface area contributed by atoms with Crippen LogP contribution in [-0.2, 0) is 0 Å². The van der Waals surface area contributed by atoms with Gasteiger partial charge in [0.05, 0.1) is 0 Å². The van der Waals surface area contributed by atoms with Crippen LogP contribution in [0.3, 0.4) is 0 Å². The Kier molecular flexibility index (Phi) is 4.26. The predicted octanol–water partition coefficient (Wildman–Crippen LogP) is 2.64. The third kappa shape index (κ3) is 3.46. The van der Waals surface area contributed by atoms with Crippen molar-refractivity contribution in [2.75, 3.05) is 26.2 Å². The fourth-order valence-corrected chi connectivity index (χ4v) is 2.66. The molecule has 0 unspecified atom stereocenters. The average molecular weight is 224 g/mol. The molecule has 2 rings (SSSR count). The zero-order valence-electron chi connectivity index (χ0n) is 11.1. The lowest BCUT2D eigenvalue weighted by atomic mass is 10.0. The molecular weight excluding hydrogens is 196 g/mol. The van der Waals surface area contributed by atoms with Gasteiger partial charge in [-0.2, -0.15) is 0 Å². The Hall–Kier alpha value is -0.0800. The van der Waals surface area contributed by atoms with Crippen LogP contribution in [0.25, 0.3) is 0 Å². The average Bonchev–Trinajstić information content (AvgIpc) is 2.81. The van der Waals surface area contributed by atoms with E-state index in [4.69, 9.17) is 0 Å². The van der Waals surface area contributed by atoms with Crippen LogP contribution >= 0.6 is 0 Å². The third-order valence-electron chi connectivity index (χ3n) is 4.63. The van der Waals surface area contributed by atoms with Gasteiger partial charge in [-0.1, -0.05) is 6.92 Å². The Morgan fingerprint density at radius 1 is 1.19 bits per heavy atom. The van der Waals surface area contributed by atoms with Gasteiger partial charge in [0.25, 0.3) is 0 Å². The van der Waals surface area contributed by atoms with E-state index in [2.05, 4.69) is 24.1 Å². The van der Waals surface area contributed by atoms with Gasteiger partial charge in [0, 0.05) is 6.04 Å². The Morgan fingerprint density at radius 3 is 2.50 bits per heavy atom. The summed E-state index contributed by atoms with van der Waals surface area (Å²) in [5.41, 5.74) is 0.634. The molecule has 1 heterocycles. The highest BCUT2D eigenvalue weighted by Gasteiger charge is 2.41. The van der Waals surface area contributed by atoms with Gasteiger partial charge in [0.15, 0.2) is 0 Å². The van der Waals surface area contributed by atoms with Gasteiger partial charge in [-0.05, 0) is 77.0 Å². The molecule has 1 aliphatic heterocycles. The largest absolute Gasteiger partial charge is 0.314 e. The van der Waals surface area contributed by atoms with Crippen LogP contribution in [0.1, 0.15) is 52.4 Å². The SMILES string of the molecule is C[C@@H](NCCCCN1CCCC1)C1(C)CC1. The van der Waals surface area contributed by atoms with E-state index in [9.17, 15) is 0 Å². The standard InChI is InChI=1S/C14H28N2/c1-13(14(2)7-8-14)15-9-3-4-10-16-11-5-6-12-16/h13,15H,3-12H2,1-2H3/t13-/m1/s1. The first-order chi connectivity index (χ1) is 7.71. The van der Waals surface area contributed by atoms with E-state index in [0.717, 1.165) is 6.04 Å². The number of rotatable bonds is 7. The number of likely N-dealkylation sites (tertiary alicyclic amines) is 1. The highest BCUT2D eigenvalue weighted by Crippen LogP contribution is 2.47. The Morgan fingerprint density at radius 2 is 1.88 bits per heavy atom. The van der Waals surface area contributed by atoms with Crippen LogP contribution in [-0.4, -0.2) is 37.1 Å². The molecule has 0 amide bonds. The maximum absolute atomic E-state index is 3.69. The number of hydrogen-bond donors (Lipinski definition) is 1. The summed E-state index contributed by atoms with van der Waals surface area (Å²) in [6.07, 6.45) is 8.42. The molecule has 0 aromatic rings. The van der Waals surface area contributed by atoms with Crippen molar-refractivity contribution in [3.05, 3.63) is 0 Å². The minimum atomic E-state index is 0.634. The van der Waals surface area contributed by atoms with Crippen molar-refractivity contribution in [1.82, 2.24) is 10.2 Å². The first kappa shape index (κ1) is 12.4. The van der Waals surface area contributed by atoms with Crippen molar-refractivity contribution in [1.29, 1.82) is 0 Å². The van der Waals surface area contributed by atoms with E-state index in [1.54, 1.807) is 0 Å². The van der Waals surface area contributed by atoms with Gasteiger partial charge < -0.3 is 10.2 Å². The molecule has 0 aromatic carbocycles. The van der Waals surface area contributed by atoms with Crippen LogP contribution < -0.4 is 5.32 Å². The molecule has 0 aromatic heterocycles. The van der Waals surface area contributed by atoms with Crippen LogP contribution in [0.5, 0.6) is 0 Å². The molecule has 2 fully saturated rings. The summed E-state index contributed by atoms with van der Waals surface area (Å²) in [6.45, 7) is 10.0. The molecule has 16 heavy (non-hydrogen) atoms. The second-order valence-electron chi connectivity index (χ2n) is 6.09. The second-order valence-corrected chi connectivity index (χ2v) is 6.09. The minimum Gasteiger partial charge on any atom is -0.314 e. The third-order valence-corrected chi connectivity index (χ3v) is 4.63. The highest BCUT2D eigenvalue weighted by atomic mass is 15.1. The predicted molar refractivity (Wildman–Crippen MR) is 69.7 cm³/mol. The molecule has 0 radical (unpaired) electrons. The maximum atomic E-state index is 3.69. The van der Waals surface area contributed by atoms with Crippen molar-refractivity contribution in [3.63, 3.8) is 0 Å². The normalized spacial score (nSPS) is 25.9. The molecule has 0 spiro atoms. The van der Waals surface area contributed by atoms with Crippen LogP contribution in [0.2, 0.25) is 0 Å². The van der Waals surface area contributed by atoms with E-state index < -0.39 is 0 Å². The van der Waals surface area contributed by atoms with Gasteiger partial charge in [0.2, 0.25) is 0 Å². The summed E-state index contributed by atoms with van der Waals surface area (Å²) in [6, 6.07) is 0.722. The summed E-state index contributed by atoms with van der Waals surface area (Å²) in [5, 5.41) is 3.69. The molecule has 1 aliphatic carbocycles. The lowest BCUT2D eigenvalue weighted by Crippen LogP contribution is -2.34. The molecule has 2 heteroatoms. The zero-order chi connectivity index (χ0) is 11.4.